The molecule has 1 fully saturated rings. The van der Waals surface area contributed by atoms with Crippen LogP contribution in [-0.2, 0) is 9.59 Å². The van der Waals surface area contributed by atoms with E-state index in [1.54, 1.807) is 0 Å². The fourth-order valence-corrected chi connectivity index (χ4v) is 3.22. The molecule has 1 aliphatic rings. The van der Waals surface area contributed by atoms with E-state index in [0.29, 0.717) is 12.8 Å². The largest absolute Gasteiger partial charge is 0.298 e. The number of carbonyl (C=O) groups excluding carboxylic acids is 2. The first-order valence-corrected chi connectivity index (χ1v) is 8.73. The molecule has 0 heterocycles. The Morgan fingerprint density at radius 3 is 2.26 bits per heavy atom. The number of rotatable bonds is 6. The van der Waals surface area contributed by atoms with Crippen LogP contribution in [0.5, 0.6) is 0 Å². The van der Waals surface area contributed by atoms with Crippen LogP contribution in [0, 0.1) is 5.92 Å². The smallest absolute Gasteiger partial charge is 0.149 e. The highest BCUT2D eigenvalue weighted by molar-refractivity contribution is 6.22. The van der Waals surface area contributed by atoms with Crippen LogP contribution in [0.2, 0.25) is 0 Å². The number of Topliss-reactive ketones (excluding diaryl/α,β-unsaturated/α-hetero) is 2. The average molecular weight is 313 g/mol. The maximum Gasteiger partial charge on any atom is 0.149 e. The van der Waals surface area contributed by atoms with Crippen molar-refractivity contribution in [1.29, 1.82) is 0 Å². The lowest BCUT2D eigenvalue weighted by Crippen LogP contribution is -2.38. The van der Waals surface area contributed by atoms with Crippen molar-refractivity contribution in [1.82, 2.24) is 0 Å². The maximum absolute atomic E-state index is 12.7. The summed E-state index contributed by atoms with van der Waals surface area (Å²) in [7, 11) is 0. The topological polar surface area (TPSA) is 46.5 Å². The van der Waals surface area contributed by atoms with Crippen molar-refractivity contribution < 1.29 is 9.59 Å². The van der Waals surface area contributed by atoms with E-state index in [1.807, 2.05) is 37.3 Å². The molecular weight excluding hydrogens is 286 g/mol. The summed E-state index contributed by atoms with van der Waals surface area (Å²) in [6, 6.07) is 10.1. The van der Waals surface area contributed by atoms with Crippen LogP contribution in [0.1, 0.15) is 64.4 Å². The molecule has 3 nitrogen and oxygen atoms in total. The third-order valence-electron chi connectivity index (χ3n) is 4.63. The van der Waals surface area contributed by atoms with Crippen LogP contribution in [0.3, 0.4) is 0 Å². The van der Waals surface area contributed by atoms with E-state index in [-0.39, 0.29) is 23.5 Å². The second-order valence-electron chi connectivity index (χ2n) is 6.51. The Hall–Kier alpha value is -1.77. The highest BCUT2D eigenvalue weighted by Crippen LogP contribution is 2.33. The molecule has 1 aromatic rings. The fraction of sp³-hybridized carbons (Fsp3) is 0.550. The minimum absolute atomic E-state index is 0.0268. The van der Waals surface area contributed by atoms with Gasteiger partial charge in [-0.3, -0.25) is 14.6 Å². The van der Waals surface area contributed by atoms with Crippen molar-refractivity contribution in [3.8, 4) is 0 Å². The Balaban J connectivity index is 2.20. The molecule has 0 N–H and O–H groups in total. The molecule has 1 aromatic carbocycles. The fourth-order valence-electron chi connectivity index (χ4n) is 3.22. The van der Waals surface area contributed by atoms with E-state index in [4.69, 9.17) is 0 Å². The van der Waals surface area contributed by atoms with Gasteiger partial charge in [-0.05, 0) is 31.2 Å². The third-order valence-corrected chi connectivity index (χ3v) is 4.63. The van der Waals surface area contributed by atoms with Gasteiger partial charge in [0.1, 0.15) is 17.5 Å². The molecule has 0 saturated heterocycles. The lowest BCUT2D eigenvalue weighted by Gasteiger charge is -2.28. The van der Waals surface area contributed by atoms with E-state index in [2.05, 4.69) is 18.8 Å². The van der Waals surface area contributed by atoms with Crippen LogP contribution in [0.25, 0.3) is 0 Å². The van der Waals surface area contributed by atoms with Crippen molar-refractivity contribution in [2.24, 2.45) is 10.9 Å². The van der Waals surface area contributed by atoms with Gasteiger partial charge in [-0.1, -0.05) is 50.6 Å². The molecule has 1 atom stereocenters. The quantitative estimate of drug-likeness (QED) is 0.578. The van der Waals surface area contributed by atoms with Gasteiger partial charge in [0, 0.05) is 24.6 Å². The van der Waals surface area contributed by atoms with Crippen LogP contribution in [0.4, 0.5) is 0 Å². The van der Waals surface area contributed by atoms with Crippen molar-refractivity contribution in [3.05, 3.63) is 35.9 Å². The molecule has 0 aliphatic heterocycles. The van der Waals surface area contributed by atoms with Crippen molar-refractivity contribution in [3.63, 3.8) is 0 Å². The van der Waals surface area contributed by atoms with Crippen LogP contribution >= 0.6 is 0 Å². The molecule has 2 rings (SSSR count). The van der Waals surface area contributed by atoms with Gasteiger partial charge in [-0.25, -0.2) is 0 Å². The van der Waals surface area contributed by atoms with Crippen LogP contribution in [0.15, 0.2) is 35.3 Å². The summed E-state index contributed by atoms with van der Waals surface area (Å²) in [6.07, 6.45) is 3.47. The normalized spacial score (nSPS) is 23.9. The Labute approximate surface area is 139 Å². The number of hydrogen-bond donors (Lipinski definition) is 0. The molecule has 1 aliphatic carbocycles. The molecule has 0 amide bonds. The molecular formula is C20H27NO2. The summed E-state index contributed by atoms with van der Waals surface area (Å²) in [4.78, 5) is 30.0. The molecule has 0 unspecified atom stereocenters. The third kappa shape index (κ3) is 4.37. The zero-order valence-corrected chi connectivity index (χ0v) is 14.4. The summed E-state index contributed by atoms with van der Waals surface area (Å²) in [5.74, 6) is -0.473. The van der Waals surface area contributed by atoms with E-state index in [9.17, 15) is 9.59 Å². The monoisotopic (exact) mass is 313 g/mol. The maximum atomic E-state index is 12.7. The lowest BCUT2D eigenvalue weighted by molar-refractivity contribution is -0.133. The summed E-state index contributed by atoms with van der Waals surface area (Å²) in [6.45, 7) is 6.19. The Morgan fingerprint density at radius 1 is 1.13 bits per heavy atom. The summed E-state index contributed by atoms with van der Waals surface area (Å²) >= 11 is 0. The van der Waals surface area contributed by atoms with Crippen molar-refractivity contribution >= 4 is 17.3 Å². The van der Waals surface area contributed by atoms with Gasteiger partial charge in [-0.15, -0.1) is 0 Å². The molecule has 23 heavy (non-hydrogen) atoms. The highest BCUT2D eigenvalue weighted by atomic mass is 16.2. The minimum atomic E-state index is -0.594. The van der Waals surface area contributed by atoms with Gasteiger partial charge >= 0.3 is 0 Å². The number of nitrogens with zero attached hydrogens (tertiary/aromatic N) is 1. The predicted octanol–water partition coefficient (Wildman–Crippen LogP) is 4.36. The van der Waals surface area contributed by atoms with Crippen LogP contribution in [-0.4, -0.2) is 23.3 Å². The average Bonchev–Trinajstić information content (AvgIpc) is 2.55. The minimum Gasteiger partial charge on any atom is -0.298 e. The number of benzene rings is 1. The van der Waals surface area contributed by atoms with E-state index in [1.165, 1.54) is 0 Å². The number of ketones is 2. The van der Waals surface area contributed by atoms with Crippen molar-refractivity contribution in [2.75, 3.05) is 0 Å². The first-order chi connectivity index (χ1) is 11.1. The lowest BCUT2D eigenvalue weighted by atomic mass is 9.74. The van der Waals surface area contributed by atoms with Gasteiger partial charge in [0.05, 0.1) is 0 Å². The van der Waals surface area contributed by atoms with E-state index >= 15 is 0 Å². The van der Waals surface area contributed by atoms with Gasteiger partial charge in [0.25, 0.3) is 0 Å². The molecule has 0 spiro atoms. The second-order valence-corrected chi connectivity index (χ2v) is 6.51. The first kappa shape index (κ1) is 17.6. The molecule has 1 saturated carbocycles. The zero-order valence-electron chi connectivity index (χ0n) is 14.4. The summed E-state index contributed by atoms with van der Waals surface area (Å²) in [5.41, 5.74) is 1.90. The summed E-state index contributed by atoms with van der Waals surface area (Å²) < 4.78 is 0. The number of carbonyl (C=O) groups is 2. The van der Waals surface area contributed by atoms with Gasteiger partial charge in [0.2, 0.25) is 0 Å². The van der Waals surface area contributed by atoms with E-state index < -0.39 is 5.92 Å². The Bertz CT molecular complexity index is 559. The molecule has 0 bridgehead atoms. The van der Waals surface area contributed by atoms with Crippen molar-refractivity contribution in [2.45, 2.75) is 64.8 Å². The number of aliphatic imine (C=N–C) groups is 1. The molecule has 0 aromatic heterocycles. The first-order valence-electron chi connectivity index (χ1n) is 8.73. The molecule has 0 radical (unpaired) electrons. The predicted molar refractivity (Wildman–Crippen MR) is 94.0 cm³/mol. The van der Waals surface area contributed by atoms with E-state index in [0.717, 1.165) is 30.5 Å². The van der Waals surface area contributed by atoms with Gasteiger partial charge in [-0.2, -0.15) is 0 Å². The van der Waals surface area contributed by atoms with Gasteiger partial charge < -0.3 is 0 Å². The van der Waals surface area contributed by atoms with Gasteiger partial charge in [0.15, 0.2) is 0 Å². The zero-order chi connectivity index (χ0) is 16.8. The summed E-state index contributed by atoms with van der Waals surface area (Å²) in [5, 5.41) is 0. The molecule has 3 heteroatoms. The standard InChI is InChI=1S/C20H27NO2/c1-4-9-17(21-14(3)5-2)20-18(22)12-16(13-19(20)23)15-10-7-6-8-11-15/h6-8,10-11,14,16,20H,4-5,9,12-13H2,1-3H3/t14-,16?,20?/m0/s1. The molecule has 124 valence electrons. The van der Waals surface area contributed by atoms with Crippen LogP contribution < -0.4 is 0 Å². The highest BCUT2D eigenvalue weighted by Gasteiger charge is 2.38. The number of hydrogen-bond acceptors (Lipinski definition) is 3. The second kappa shape index (κ2) is 8.19. The Kier molecular flexibility index (Phi) is 6.26. The SMILES string of the molecule is CCCC(=N[C@@H](C)CC)C1C(=O)CC(c2ccccc2)CC1=O. The Morgan fingerprint density at radius 2 is 1.74 bits per heavy atom.